The van der Waals surface area contributed by atoms with Gasteiger partial charge in [0.1, 0.15) is 17.2 Å². The Morgan fingerprint density at radius 2 is 1.44 bits per heavy atom. The van der Waals surface area contributed by atoms with Gasteiger partial charge in [-0.25, -0.2) is 4.79 Å². The number of carbonyl (C=O) groups excluding carboxylic acids is 1. The summed E-state index contributed by atoms with van der Waals surface area (Å²) >= 11 is 0. The third kappa shape index (κ3) is 5.51. The zero-order valence-electron chi connectivity index (χ0n) is 15.1. The molecule has 5 nitrogen and oxygen atoms in total. The van der Waals surface area contributed by atoms with E-state index in [0.717, 1.165) is 28.4 Å². The number of hydrogen-bond donors (Lipinski definition) is 2. The van der Waals surface area contributed by atoms with Crippen LogP contribution in [0.1, 0.15) is 11.1 Å². The van der Waals surface area contributed by atoms with Crippen LogP contribution in [0.4, 0.5) is 4.79 Å². The van der Waals surface area contributed by atoms with Crippen LogP contribution >= 0.6 is 0 Å². The molecule has 0 spiro atoms. The number of methoxy groups -OCH3 is 1. The lowest BCUT2D eigenvalue weighted by Crippen LogP contribution is -2.34. The molecule has 2 amide bonds. The second-order valence-electron chi connectivity index (χ2n) is 5.91. The molecule has 3 rings (SSSR count). The van der Waals surface area contributed by atoms with Crippen molar-refractivity contribution in [1.82, 2.24) is 10.6 Å². The van der Waals surface area contributed by atoms with Crippen LogP contribution in [0, 0.1) is 0 Å². The van der Waals surface area contributed by atoms with Gasteiger partial charge in [0.15, 0.2) is 0 Å². The van der Waals surface area contributed by atoms with E-state index in [2.05, 4.69) is 10.6 Å². The van der Waals surface area contributed by atoms with Crippen LogP contribution in [-0.4, -0.2) is 13.1 Å². The Kier molecular flexibility index (Phi) is 6.30. The summed E-state index contributed by atoms with van der Waals surface area (Å²) in [5, 5.41) is 5.71. The van der Waals surface area contributed by atoms with E-state index in [0.29, 0.717) is 13.1 Å². The van der Waals surface area contributed by atoms with Gasteiger partial charge in [-0.15, -0.1) is 0 Å². The van der Waals surface area contributed by atoms with E-state index < -0.39 is 0 Å². The van der Waals surface area contributed by atoms with Crippen LogP contribution in [0.15, 0.2) is 78.9 Å². The number of para-hydroxylation sites is 2. The molecule has 0 saturated carbocycles. The number of hydrogen-bond acceptors (Lipinski definition) is 3. The van der Waals surface area contributed by atoms with Crippen molar-refractivity contribution < 1.29 is 14.3 Å². The van der Waals surface area contributed by atoms with E-state index in [9.17, 15) is 4.79 Å². The Morgan fingerprint density at radius 3 is 2.19 bits per heavy atom. The smallest absolute Gasteiger partial charge is 0.315 e. The molecule has 3 aromatic rings. The van der Waals surface area contributed by atoms with Crippen LogP contribution < -0.4 is 20.1 Å². The summed E-state index contributed by atoms with van der Waals surface area (Å²) in [5.74, 6) is 2.27. The topological polar surface area (TPSA) is 59.6 Å². The van der Waals surface area contributed by atoms with E-state index in [4.69, 9.17) is 9.47 Å². The summed E-state index contributed by atoms with van der Waals surface area (Å²) < 4.78 is 11.0. The highest BCUT2D eigenvalue weighted by Gasteiger charge is 2.07. The minimum atomic E-state index is -0.236. The summed E-state index contributed by atoms with van der Waals surface area (Å²) in [5.41, 5.74) is 1.90. The fraction of sp³-hybridized carbons (Fsp3) is 0.136. The molecule has 0 aliphatic heterocycles. The van der Waals surface area contributed by atoms with Gasteiger partial charge < -0.3 is 20.1 Å². The fourth-order valence-corrected chi connectivity index (χ4v) is 2.53. The predicted molar refractivity (Wildman–Crippen MR) is 105 cm³/mol. The number of rotatable bonds is 7. The normalized spacial score (nSPS) is 10.1. The maximum Gasteiger partial charge on any atom is 0.315 e. The molecule has 5 heteroatoms. The number of carbonyl (C=O) groups is 1. The van der Waals surface area contributed by atoms with Crippen molar-refractivity contribution in [2.75, 3.05) is 7.11 Å². The van der Waals surface area contributed by atoms with Crippen molar-refractivity contribution in [3.8, 4) is 17.2 Å². The maximum atomic E-state index is 12.1. The maximum absolute atomic E-state index is 12.1. The van der Waals surface area contributed by atoms with Crippen molar-refractivity contribution in [1.29, 1.82) is 0 Å². The lowest BCUT2D eigenvalue weighted by atomic mass is 10.2. The Hall–Kier alpha value is -3.47. The van der Waals surface area contributed by atoms with Crippen molar-refractivity contribution in [3.05, 3.63) is 90.0 Å². The van der Waals surface area contributed by atoms with Crippen molar-refractivity contribution in [2.24, 2.45) is 0 Å². The number of ether oxygens (including phenoxy) is 2. The Balaban J connectivity index is 1.52. The zero-order chi connectivity index (χ0) is 18.9. The lowest BCUT2D eigenvalue weighted by molar-refractivity contribution is 0.240. The van der Waals surface area contributed by atoms with Crippen molar-refractivity contribution >= 4 is 6.03 Å². The van der Waals surface area contributed by atoms with Crippen LogP contribution in [-0.2, 0) is 13.1 Å². The summed E-state index contributed by atoms with van der Waals surface area (Å²) in [7, 11) is 1.63. The highest BCUT2D eigenvalue weighted by atomic mass is 16.5. The van der Waals surface area contributed by atoms with E-state index in [1.807, 2.05) is 78.9 Å². The second-order valence-corrected chi connectivity index (χ2v) is 5.91. The molecular weight excluding hydrogens is 340 g/mol. The Labute approximate surface area is 158 Å². The van der Waals surface area contributed by atoms with E-state index >= 15 is 0 Å². The first-order valence-electron chi connectivity index (χ1n) is 8.70. The van der Waals surface area contributed by atoms with Gasteiger partial charge in [0.25, 0.3) is 0 Å². The van der Waals surface area contributed by atoms with Gasteiger partial charge in [-0.3, -0.25) is 0 Å². The van der Waals surface area contributed by atoms with Gasteiger partial charge in [-0.05, 0) is 35.9 Å². The molecule has 2 N–H and O–H groups in total. The van der Waals surface area contributed by atoms with Crippen molar-refractivity contribution in [3.63, 3.8) is 0 Å². The first-order valence-corrected chi connectivity index (χ1v) is 8.70. The van der Waals surface area contributed by atoms with E-state index in [1.165, 1.54) is 0 Å². The average Bonchev–Trinajstić information content (AvgIpc) is 2.73. The highest BCUT2D eigenvalue weighted by molar-refractivity contribution is 5.73. The molecule has 138 valence electrons. The quantitative estimate of drug-likeness (QED) is 0.651. The lowest BCUT2D eigenvalue weighted by Gasteiger charge is -2.12. The molecule has 0 radical (unpaired) electrons. The second kappa shape index (κ2) is 9.29. The third-order valence-electron chi connectivity index (χ3n) is 4.00. The molecule has 0 atom stereocenters. The molecule has 0 saturated heterocycles. The molecule has 0 aromatic heterocycles. The molecule has 0 aliphatic carbocycles. The number of nitrogens with one attached hydrogen (secondary N) is 2. The van der Waals surface area contributed by atoms with Crippen LogP contribution in [0.25, 0.3) is 0 Å². The molecule has 27 heavy (non-hydrogen) atoms. The SMILES string of the molecule is COc1ccc(CNC(=O)NCc2ccccc2Oc2ccccc2)cc1. The fourth-order valence-electron chi connectivity index (χ4n) is 2.53. The number of urea groups is 1. The number of amides is 2. The van der Waals surface area contributed by atoms with Crippen molar-refractivity contribution in [2.45, 2.75) is 13.1 Å². The largest absolute Gasteiger partial charge is 0.497 e. The molecule has 0 bridgehead atoms. The summed E-state index contributed by atoms with van der Waals surface area (Å²) in [6, 6.07) is 24.6. The van der Waals surface area contributed by atoms with E-state index in [1.54, 1.807) is 7.11 Å². The average molecular weight is 362 g/mol. The third-order valence-corrected chi connectivity index (χ3v) is 4.00. The summed E-state index contributed by atoms with van der Waals surface area (Å²) in [6.45, 7) is 0.815. The minimum Gasteiger partial charge on any atom is -0.497 e. The first-order chi connectivity index (χ1) is 13.2. The molecular formula is C22H22N2O3. The Morgan fingerprint density at radius 1 is 0.778 bits per heavy atom. The van der Waals surface area contributed by atoms with Gasteiger partial charge in [0.05, 0.1) is 7.11 Å². The van der Waals surface area contributed by atoms with E-state index in [-0.39, 0.29) is 6.03 Å². The molecule has 0 fully saturated rings. The van der Waals surface area contributed by atoms with Crippen LogP contribution in [0.2, 0.25) is 0 Å². The van der Waals surface area contributed by atoms with Gasteiger partial charge >= 0.3 is 6.03 Å². The van der Waals surface area contributed by atoms with Crippen LogP contribution in [0.3, 0.4) is 0 Å². The van der Waals surface area contributed by atoms with Crippen LogP contribution in [0.5, 0.6) is 17.2 Å². The highest BCUT2D eigenvalue weighted by Crippen LogP contribution is 2.24. The predicted octanol–water partition coefficient (Wildman–Crippen LogP) is 4.49. The Bertz CT molecular complexity index is 864. The van der Waals surface area contributed by atoms with Gasteiger partial charge in [0, 0.05) is 18.7 Å². The molecule has 0 heterocycles. The van der Waals surface area contributed by atoms with Gasteiger partial charge in [-0.1, -0.05) is 48.5 Å². The first kappa shape index (κ1) is 18.3. The monoisotopic (exact) mass is 362 g/mol. The minimum absolute atomic E-state index is 0.236. The van der Waals surface area contributed by atoms with Gasteiger partial charge in [-0.2, -0.15) is 0 Å². The molecule has 0 aliphatic rings. The molecule has 3 aromatic carbocycles. The van der Waals surface area contributed by atoms with Gasteiger partial charge in [0.2, 0.25) is 0 Å². The standard InChI is InChI=1S/C22H22N2O3/c1-26-19-13-11-17(12-14-19)15-23-22(25)24-16-18-7-5-6-10-21(18)27-20-8-3-2-4-9-20/h2-14H,15-16H2,1H3,(H2,23,24,25). The summed E-state index contributed by atoms with van der Waals surface area (Å²) in [6.07, 6.45) is 0. The molecule has 0 unspecified atom stereocenters. The summed E-state index contributed by atoms with van der Waals surface area (Å²) in [4.78, 5) is 12.1. The zero-order valence-corrected chi connectivity index (χ0v) is 15.1. The number of benzene rings is 3.